The topological polar surface area (TPSA) is 84.0 Å². The maximum Gasteiger partial charge on any atom is 0.257 e. The largest absolute Gasteiger partial charge is 0.491 e. The smallest absolute Gasteiger partial charge is 0.257 e. The van der Waals surface area contributed by atoms with Crippen molar-refractivity contribution in [2.45, 2.75) is 52.3 Å². The van der Waals surface area contributed by atoms with Crippen molar-refractivity contribution in [3.63, 3.8) is 0 Å². The third-order valence-electron chi connectivity index (χ3n) is 6.47. The average Bonchev–Trinajstić information content (AvgIpc) is 2.85. The van der Waals surface area contributed by atoms with Crippen molar-refractivity contribution in [3.8, 4) is 5.75 Å². The van der Waals surface area contributed by atoms with E-state index in [1.54, 1.807) is 37.3 Å². The summed E-state index contributed by atoms with van der Waals surface area (Å²) >= 11 is 0. The fourth-order valence-corrected chi connectivity index (χ4v) is 4.32. The van der Waals surface area contributed by atoms with Gasteiger partial charge in [-0.05, 0) is 55.2 Å². The summed E-state index contributed by atoms with van der Waals surface area (Å²) in [6.45, 7) is 8.66. The summed E-state index contributed by atoms with van der Waals surface area (Å²) in [7, 11) is 3.47. The lowest BCUT2D eigenvalue weighted by Gasteiger charge is -2.36. The van der Waals surface area contributed by atoms with Gasteiger partial charge in [-0.3, -0.25) is 19.5 Å². The van der Waals surface area contributed by atoms with E-state index in [0.717, 1.165) is 19.5 Å². The van der Waals surface area contributed by atoms with Crippen LogP contribution < -0.4 is 10.1 Å². The molecule has 0 saturated carbocycles. The summed E-state index contributed by atoms with van der Waals surface area (Å²) in [6.07, 6.45) is 4.67. The van der Waals surface area contributed by atoms with E-state index in [9.17, 15) is 9.59 Å². The number of nitrogens with zero attached hydrogens (tertiary/aromatic N) is 3. The van der Waals surface area contributed by atoms with Crippen LogP contribution in [-0.2, 0) is 16.1 Å². The zero-order valence-corrected chi connectivity index (χ0v) is 21.5. The van der Waals surface area contributed by atoms with E-state index < -0.39 is 0 Å². The van der Waals surface area contributed by atoms with Gasteiger partial charge in [0.25, 0.3) is 5.91 Å². The molecule has 190 valence electrons. The molecular weight excluding hydrogens is 444 g/mol. The van der Waals surface area contributed by atoms with Crippen LogP contribution >= 0.6 is 0 Å². The summed E-state index contributed by atoms with van der Waals surface area (Å²) in [4.78, 5) is 33.7. The second-order valence-electron chi connectivity index (χ2n) is 9.39. The number of ether oxygens (including phenoxy) is 2. The molecule has 0 unspecified atom stereocenters. The van der Waals surface area contributed by atoms with Gasteiger partial charge in [0.1, 0.15) is 12.4 Å². The van der Waals surface area contributed by atoms with E-state index in [1.165, 1.54) is 5.56 Å². The Morgan fingerprint density at radius 3 is 2.63 bits per heavy atom. The lowest BCUT2D eigenvalue weighted by molar-refractivity contribution is -0.116. The Kier molecular flexibility index (Phi) is 9.63. The number of carbonyl (C=O) groups excluding carboxylic acids is 2. The molecule has 0 aliphatic carbocycles. The first kappa shape index (κ1) is 26.6. The van der Waals surface area contributed by atoms with E-state index in [4.69, 9.17) is 9.47 Å². The fraction of sp³-hybridized carbons (Fsp3) is 0.519. The maximum absolute atomic E-state index is 13.4. The Balaban J connectivity index is 1.92. The van der Waals surface area contributed by atoms with Gasteiger partial charge in [-0.15, -0.1) is 0 Å². The van der Waals surface area contributed by atoms with Gasteiger partial charge < -0.3 is 19.7 Å². The first-order chi connectivity index (χ1) is 16.8. The molecule has 8 heteroatoms. The van der Waals surface area contributed by atoms with Gasteiger partial charge in [0.2, 0.25) is 5.91 Å². The van der Waals surface area contributed by atoms with Crippen LogP contribution in [0.3, 0.4) is 0 Å². The number of nitrogens with one attached hydrogen (secondary N) is 1. The molecule has 1 aliphatic heterocycles. The van der Waals surface area contributed by atoms with Crippen molar-refractivity contribution in [1.29, 1.82) is 0 Å². The molecular formula is C27H38N4O4. The predicted molar refractivity (Wildman–Crippen MR) is 137 cm³/mol. The number of rotatable bonds is 6. The average molecular weight is 483 g/mol. The van der Waals surface area contributed by atoms with Crippen LogP contribution in [0.4, 0.5) is 5.69 Å². The number of anilines is 1. The van der Waals surface area contributed by atoms with Crippen molar-refractivity contribution in [2.75, 3.05) is 39.2 Å². The molecule has 1 N–H and O–H groups in total. The van der Waals surface area contributed by atoms with Gasteiger partial charge in [0.05, 0.1) is 11.7 Å². The minimum Gasteiger partial charge on any atom is -0.491 e. The number of benzene rings is 1. The molecule has 2 aromatic rings. The Bertz CT molecular complexity index is 984. The molecule has 1 aliphatic rings. The number of likely N-dealkylation sites (N-methyl/N-ethyl adjacent to an activating group) is 1. The number of pyridine rings is 1. The highest BCUT2D eigenvalue weighted by Crippen LogP contribution is 2.27. The Hall–Kier alpha value is -2.97. The van der Waals surface area contributed by atoms with E-state index in [1.807, 2.05) is 31.5 Å². The third-order valence-corrected chi connectivity index (χ3v) is 6.47. The molecule has 35 heavy (non-hydrogen) atoms. The third kappa shape index (κ3) is 7.26. The van der Waals surface area contributed by atoms with E-state index in [0.29, 0.717) is 36.6 Å². The number of aromatic nitrogens is 1. The second kappa shape index (κ2) is 12.7. The van der Waals surface area contributed by atoms with Gasteiger partial charge in [0, 0.05) is 64.3 Å². The van der Waals surface area contributed by atoms with Crippen LogP contribution in [0.15, 0.2) is 42.7 Å². The van der Waals surface area contributed by atoms with E-state index in [-0.39, 0.29) is 29.9 Å². The summed E-state index contributed by atoms with van der Waals surface area (Å²) < 4.78 is 12.0. The zero-order chi connectivity index (χ0) is 25.4. The highest BCUT2D eigenvalue weighted by molar-refractivity contribution is 5.99. The molecule has 3 atom stereocenters. The van der Waals surface area contributed by atoms with Crippen LogP contribution in [0.2, 0.25) is 0 Å². The number of carbonyl (C=O) groups is 2. The number of fused-ring (bicyclic) bond motifs is 1. The molecule has 1 aromatic heterocycles. The molecule has 0 saturated heterocycles. The number of methoxy groups -OCH3 is 1. The molecule has 2 heterocycles. The predicted octanol–water partition coefficient (Wildman–Crippen LogP) is 3.83. The Labute approximate surface area is 208 Å². The minimum absolute atomic E-state index is 0.0732. The molecule has 0 radical (unpaired) electrons. The van der Waals surface area contributed by atoms with Crippen molar-refractivity contribution in [3.05, 3.63) is 53.9 Å². The van der Waals surface area contributed by atoms with E-state index in [2.05, 4.69) is 29.0 Å². The fourth-order valence-electron chi connectivity index (χ4n) is 4.32. The van der Waals surface area contributed by atoms with Crippen molar-refractivity contribution >= 4 is 17.5 Å². The molecule has 0 fully saturated rings. The molecule has 2 amide bonds. The second-order valence-corrected chi connectivity index (χ2v) is 9.39. The Morgan fingerprint density at radius 1 is 1.20 bits per heavy atom. The SMILES string of the molecule is CCCC(=O)Nc1ccc2c(c1)C(=O)N(C)C[C@@H](OC)[C@H](C)CN(Cc1ccncc1)[C@H](C)CO2. The summed E-state index contributed by atoms with van der Waals surface area (Å²) in [6, 6.07) is 9.40. The highest BCUT2D eigenvalue weighted by Gasteiger charge is 2.28. The van der Waals surface area contributed by atoms with Crippen LogP contribution in [-0.4, -0.2) is 72.6 Å². The zero-order valence-electron chi connectivity index (χ0n) is 21.5. The molecule has 3 rings (SSSR count). The molecule has 0 bridgehead atoms. The monoisotopic (exact) mass is 482 g/mol. The number of hydrogen-bond donors (Lipinski definition) is 1. The maximum atomic E-state index is 13.4. The van der Waals surface area contributed by atoms with Crippen molar-refractivity contribution in [1.82, 2.24) is 14.8 Å². The lowest BCUT2D eigenvalue weighted by atomic mass is 10.0. The van der Waals surface area contributed by atoms with Crippen LogP contribution in [0, 0.1) is 5.92 Å². The van der Waals surface area contributed by atoms with Crippen LogP contribution in [0.1, 0.15) is 49.5 Å². The highest BCUT2D eigenvalue weighted by atomic mass is 16.5. The summed E-state index contributed by atoms with van der Waals surface area (Å²) in [5.41, 5.74) is 2.20. The summed E-state index contributed by atoms with van der Waals surface area (Å²) in [5, 5.41) is 2.88. The first-order valence-electron chi connectivity index (χ1n) is 12.3. The van der Waals surface area contributed by atoms with Gasteiger partial charge >= 0.3 is 0 Å². The van der Waals surface area contributed by atoms with Crippen molar-refractivity contribution in [2.24, 2.45) is 5.92 Å². The minimum atomic E-state index is -0.164. The number of hydrogen-bond acceptors (Lipinski definition) is 6. The Morgan fingerprint density at radius 2 is 1.94 bits per heavy atom. The van der Waals surface area contributed by atoms with Gasteiger partial charge in [-0.25, -0.2) is 0 Å². The van der Waals surface area contributed by atoms with Crippen molar-refractivity contribution < 1.29 is 19.1 Å². The molecule has 8 nitrogen and oxygen atoms in total. The normalized spacial score (nSPS) is 21.9. The lowest BCUT2D eigenvalue weighted by Crippen LogP contribution is -2.46. The molecule has 1 aromatic carbocycles. The summed E-state index contributed by atoms with van der Waals surface area (Å²) in [5.74, 6) is 0.449. The van der Waals surface area contributed by atoms with Gasteiger partial charge in [0.15, 0.2) is 0 Å². The quantitative estimate of drug-likeness (QED) is 0.674. The molecule has 0 spiro atoms. The van der Waals surface area contributed by atoms with Crippen LogP contribution in [0.25, 0.3) is 0 Å². The number of amides is 2. The van der Waals surface area contributed by atoms with E-state index >= 15 is 0 Å². The van der Waals surface area contributed by atoms with Crippen LogP contribution in [0.5, 0.6) is 5.75 Å². The standard InChI is InChI=1S/C27H38N4O4/c1-6-7-26(32)29-22-8-9-24-23(14-22)27(33)30(4)17-25(34-5)19(2)15-31(20(3)18-35-24)16-21-10-12-28-13-11-21/h8-14,19-20,25H,6-7,15-18H2,1-5H3,(H,29,32)/t19-,20-,25-/m1/s1. The van der Waals surface area contributed by atoms with Gasteiger partial charge in [-0.2, -0.15) is 0 Å². The van der Waals surface area contributed by atoms with Gasteiger partial charge in [-0.1, -0.05) is 13.8 Å². The first-order valence-corrected chi connectivity index (χ1v) is 12.3.